The van der Waals surface area contributed by atoms with Crippen LogP contribution in [0.15, 0.2) is 36.7 Å². The van der Waals surface area contributed by atoms with Crippen molar-refractivity contribution < 1.29 is 31.4 Å². The smallest absolute Gasteiger partial charge is 0.376 e. The number of pyridine rings is 1. The highest BCUT2D eigenvalue weighted by molar-refractivity contribution is 5.67. The van der Waals surface area contributed by atoms with Gasteiger partial charge in [0.2, 0.25) is 5.82 Å². The van der Waals surface area contributed by atoms with Gasteiger partial charge in [-0.2, -0.15) is 26.3 Å². The minimum Gasteiger partial charge on any atom is -0.376 e. The third-order valence-electron chi connectivity index (χ3n) is 5.11. The van der Waals surface area contributed by atoms with Gasteiger partial charge in [0.25, 0.3) is 0 Å². The molecule has 1 atom stereocenters. The van der Waals surface area contributed by atoms with Gasteiger partial charge in [-0.05, 0) is 42.7 Å². The summed E-state index contributed by atoms with van der Waals surface area (Å²) in [4.78, 5) is 3.79. The summed E-state index contributed by atoms with van der Waals surface area (Å²) in [5, 5.41) is 16.8. The van der Waals surface area contributed by atoms with Crippen molar-refractivity contribution in [3.8, 4) is 16.8 Å². The predicted octanol–water partition coefficient (Wildman–Crippen LogP) is 4.22. The molecule has 0 bridgehead atoms. The largest absolute Gasteiger partial charge is 0.452 e. The SMILES string of the molecule is CC(O)(c1cncc(-c2ccc3c(c2)CCc2nnc(C(F)(F)F)n2-3)c1)C(F)(F)F. The van der Waals surface area contributed by atoms with E-state index >= 15 is 0 Å². The van der Waals surface area contributed by atoms with Gasteiger partial charge in [-0.25, -0.2) is 0 Å². The van der Waals surface area contributed by atoms with E-state index in [1.54, 1.807) is 6.07 Å². The first-order chi connectivity index (χ1) is 13.9. The third kappa shape index (κ3) is 3.22. The lowest BCUT2D eigenvalue weighted by molar-refractivity contribution is -0.259. The van der Waals surface area contributed by atoms with E-state index in [9.17, 15) is 31.4 Å². The Morgan fingerprint density at radius 3 is 2.33 bits per heavy atom. The van der Waals surface area contributed by atoms with Crippen molar-refractivity contribution >= 4 is 0 Å². The van der Waals surface area contributed by atoms with Gasteiger partial charge in [-0.15, -0.1) is 10.2 Å². The number of benzene rings is 1. The van der Waals surface area contributed by atoms with Crippen molar-refractivity contribution in [3.63, 3.8) is 0 Å². The summed E-state index contributed by atoms with van der Waals surface area (Å²) >= 11 is 0. The van der Waals surface area contributed by atoms with Crippen LogP contribution in [-0.2, 0) is 24.6 Å². The van der Waals surface area contributed by atoms with Crippen molar-refractivity contribution in [2.75, 3.05) is 0 Å². The molecule has 0 radical (unpaired) electrons. The Morgan fingerprint density at radius 2 is 1.67 bits per heavy atom. The molecule has 0 saturated carbocycles. The summed E-state index contributed by atoms with van der Waals surface area (Å²) in [6, 6.07) is 5.69. The summed E-state index contributed by atoms with van der Waals surface area (Å²) in [5.41, 5.74) is -1.94. The Hall–Kier alpha value is -2.95. The van der Waals surface area contributed by atoms with E-state index < -0.39 is 29.3 Å². The number of aromatic nitrogens is 4. The van der Waals surface area contributed by atoms with Gasteiger partial charge < -0.3 is 5.11 Å². The lowest BCUT2D eigenvalue weighted by atomic mass is 9.93. The van der Waals surface area contributed by atoms with E-state index in [2.05, 4.69) is 15.2 Å². The van der Waals surface area contributed by atoms with Crippen LogP contribution in [0.4, 0.5) is 26.3 Å². The fourth-order valence-electron chi connectivity index (χ4n) is 3.37. The first kappa shape index (κ1) is 20.3. The second-order valence-corrected chi connectivity index (χ2v) is 7.15. The van der Waals surface area contributed by atoms with Crippen LogP contribution in [0.5, 0.6) is 0 Å². The van der Waals surface area contributed by atoms with Crippen LogP contribution in [0.3, 0.4) is 0 Å². The van der Waals surface area contributed by atoms with Crippen molar-refractivity contribution in [3.05, 3.63) is 59.4 Å². The molecular formula is C19H14F6N4O. The van der Waals surface area contributed by atoms with Gasteiger partial charge in [-0.1, -0.05) is 6.07 Å². The molecule has 0 aliphatic carbocycles. The van der Waals surface area contributed by atoms with Crippen LogP contribution < -0.4 is 0 Å². The van der Waals surface area contributed by atoms with Crippen LogP contribution in [0.2, 0.25) is 0 Å². The van der Waals surface area contributed by atoms with Gasteiger partial charge in [0.15, 0.2) is 5.60 Å². The monoisotopic (exact) mass is 428 g/mol. The number of nitrogens with zero attached hydrogens (tertiary/aromatic N) is 4. The zero-order chi connectivity index (χ0) is 21.9. The van der Waals surface area contributed by atoms with Crippen LogP contribution in [-0.4, -0.2) is 31.0 Å². The molecule has 3 heterocycles. The first-order valence-electron chi connectivity index (χ1n) is 8.79. The maximum Gasteiger partial charge on any atom is 0.452 e. The van der Waals surface area contributed by atoms with Crippen molar-refractivity contribution in [1.82, 2.24) is 19.7 Å². The Bertz CT molecular complexity index is 1120. The normalized spacial score (nSPS) is 16.0. The van der Waals surface area contributed by atoms with Crippen molar-refractivity contribution in [2.45, 2.75) is 37.7 Å². The molecule has 1 unspecified atom stereocenters. The molecule has 3 aromatic rings. The number of hydrogen-bond acceptors (Lipinski definition) is 4. The summed E-state index contributed by atoms with van der Waals surface area (Å²) in [6.07, 6.45) is -6.70. The highest BCUT2D eigenvalue weighted by Gasteiger charge is 2.51. The van der Waals surface area contributed by atoms with Gasteiger partial charge >= 0.3 is 12.4 Å². The summed E-state index contributed by atoms with van der Waals surface area (Å²) < 4.78 is 80.1. The van der Waals surface area contributed by atoms with Crippen molar-refractivity contribution in [2.24, 2.45) is 0 Å². The third-order valence-corrected chi connectivity index (χ3v) is 5.11. The summed E-state index contributed by atoms with van der Waals surface area (Å²) in [6.45, 7) is 0.632. The molecule has 1 N–H and O–H groups in total. The summed E-state index contributed by atoms with van der Waals surface area (Å²) in [7, 11) is 0. The quantitative estimate of drug-likeness (QED) is 0.621. The van der Waals surface area contributed by atoms with Crippen molar-refractivity contribution in [1.29, 1.82) is 0 Å². The highest BCUT2D eigenvalue weighted by atomic mass is 19.4. The number of fused-ring (bicyclic) bond motifs is 3. The molecule has 1 aliphatic rings. The van der Waals surface area contributed by atoms with Crippen LogP contribution in [0, 0.1) is 0 Å². The van der Waals surface area contributed by atoms with E-state index in [-0.39, 0.29) is 17.9 Å². The Kier molecular flexibility index (Phi) is 4.42. The molecule has 11 heteroatoms. The topological polar surface area (TPSA) is 63.8 Å². The Labute approximate surface area is 166 Å². The molecule has 0 amide bonds. The molecular weight excluding hydrogens is 414 g/mol. The zero-order valence-electron chi connectivity index (χ0n) is 15.4. The summed E-state index contributed by atoms with van der Waals surface area (Å²) in [5.74, 6) is -0.941. The number of aryl methyl sites for hydroxylation is 2. The number of halogens is 6. The minimum absolute atomic E-state index is 0.187. The molecule has 4 rings (SSSR count). The first-order valence-corrected chi connectivity index (χ1v) is 8.79. The van der Waals surface area contributed by atoms with E-state index in [0.29, 0.717) is 30.0 Å². The molecule has 1 aliphatic heterocycles. The molecule has 30 heavy (non-hydrogen) atoms. The molecule has 158 valence electrons. The Morgan fingerprint density at radius 1 is 0.933 bits per heavy atom. The maximum atomic E-state index is 13.3. The molecule has 0 fully saturated rings. The molecule has 0 saturated heterocycles. The van der Waals surface area contributed by atoms with Crippen LogP contribution >= 0.6 is 0 Å². The number of alkyl halides is 6. The van der Waals surface area contributed by atoms with Gasteiger partial charge in [0.1, 0.15) is 5.82 Å². The fraction of sp³-hybridized carbons (Fsp3) is 0.316. The standard InChI is InChI=1S/C19H14F6N4O/c1-17(30,19(23,24)25)13-7-12(8-26-9-13)10-2-4-14-11(6-10)3-5-15-27-28-16(29(14)15)18(20,21)22/h2,4,6-9,30H,3,5H2,1H3. The minimum atomic E-state index is -4.90. The van der Waals surface area contributed by atoms with Gasteiger partial charge in [0, 0.05) is 29.9 Å². The molecule has 0 spiro atoms. The molecule has 5 nitrogen and oxygen atoms in total. The fourth-order valence-corrected chi connectivity index (χ4v) is 3.37. The second kappa shape index (κ2) is 6.53. The number of hydrogen-bond donors (Lipinski definition) is 1. The van der Waals surface area contributed by atoms with E-state index in [4.69, 9.17) is 0 Å². The maximum absolute atomic E-state index is 13.3. The van der Waals surface area contributed by atoms with Crippen LogP contribution in [0.25, 0.3) is 16.8 Å². The zero-order valence-corrected chi connectivity index (χ0v) is 15.4. The number of rotatable bonds is 2. The molecule has 1 aromatic carbocycles. The van der Waals surface area contributed by atoms with Crippen LogP contribution in [0.1, 0.15) is 29.7 Å². The average molecular weight is 428 g/mol. The lowest BCUT2D eigenvalue weighted by Gasteiger charge is -2.26. The Balaban J connectivity index is 1.77. The number of aliphatic hydroxyl groups is 1. The predicted molar refractivity (Wildman–Crippen MR) is 92.6 cm³/mol. The van der Waals surface area contributed by atoms with E-state index in [0.717, 1.165) is 16.8 Å². The van der Waals surface area contributed by atoms with E-state index in [1.807, 2.05) is 0 Å². The molecule has 2 aromatic heterocycles. The van der Waals surface area contributed by atoms with Gasteiger partial charge in [-0.3, -0.25) is 9.55 Å². The average Bonchev–Trinajstić information content (AvgIpc) is 3.12. The van der Waals surface area contributed by atoms with E-state index in [1.165, 1.54) is 18.3 Å². The second-order valence-electron chi connectivity index (χ2n) is 7.15. The lowest BCUT2D eigenvalue weighted by Crippen LogP contribution is -2.39. The van der Waals surface area contributed by atoms with Gasteiger partial charge in [0.05, 0.1) is 5.69 Å². The highest BCUT2D eigenvalue weighted by Crippen LogP contribution is 2.40.